The van der Waals surface area contributed by atoms with Crippen LogP contribution in [0.25, 0.3) is 0 Å². The summed E-state index contributed by atoms with van der Waals surface area (Å²) in [6, 6.07) is 8.72. The number of halogens is 3. The second kappa shape index (κ2) is 9.01. The van der Waals surface area contributed by atoms with E-state index in [1.54, 1.807) is 13.0 Å². The molecule has 0 bridgehead atoms. The van der Waals surface area contributed by atoms with Gasteiger partial charge >= 0.3 is 12.1 Å². The highest BCUT2D eigenvalue weighted by Crippen LogP contribution is 2.42. The lowest BCUT2D eigenvalue weighted by Gasteiger charge is -2.43. The van der Waals surface area contributed by atoms with Crippen LogP contribution >= 0.6 is 0 Å². The molecule has 0 aliphatic carbocycles. The molecule has 0 amide bonds. The van der Waals surface area contributed by atoms with E-state index in [4.69, 9.17) is 0 Å². The molecule has 0 radical (unpaired) electrons. The first-order valence-electron chi connectivity index (χ1n) is 11.5. The van der Waals surface area contributed by atoms with E-state index in [-0.39, 0.29) is 11.8 Å². The first-order chi connectivity index (χ1) is 15.5. The summed E-state index contributed by atoms with van der Waals surface area (Å²) in [5, 5.41) is 9.20. The highest BCUT2D eigenvalue weighted by molar-refractivity contribution is 5.70. The molecule has 4 rings (SSSR count). The first-order valence-corrected chi connectivity index (χ1v) is 11.5. The number of hydrogen-bond acceptors (Lipinski definition) is 3. The van der Waals surface area contributed by atoms with Gasteiger partial charge in [-0.1, -0.05) is 24.3 Å². The summed E-state index contributed by atoms with van der Waals surface area (Å²) in [4.78, 5) is 15.3. The molecule has 2 saturated heterocycles. The van der Waals surface area contributed by atoms with Gasteiger partial charge in [-0.3, -0.25) is 9.69 Å². The van der Waals surface area contributed by atoms with Crippen molar-refractivity contribution in [1.82, 2.24) is 4.90 Å². The van der Waals surface area contributed by atoms with Gasteiger partial charge in [0.1, 0.15) is 0 Å². The monoisotopic (exact) mass is 460 g/mol. The van der Waals surface area contributed by atoms with Gasteiger partial charge in [0, 0.05) is 25.6 Å². The van der Waals surface area contributed by atoms with Crippen LogP contribution in [0.5, 0.6) is 0 Å². The van der Waals surface area contributed by atoms with E-state index in [0.717, 1.165) is 25.7 Å². The van der Waals surface area contributed by atoms with Crippen molar-refractivity contribution in [3.8, 4) is 0 Å². The lowest BCUT2D eigenvalue weighted by molar-refractivity contribution is -0.143. The topological polar surface area (TPSA) is 43.8 Å². The number of benzene rings is 2. The SMILES string of the molecule is Cc1cc(C2CN(c3c(C)cccc3C(F)(F)F)C2)cc(C)c1CN1CCC(C(=O)O)CC1. The van der Waals surface area contributed by atoms with Gasteiger partial charge in [0.05, 0.1) is 17.2 Å². The van der Waals surface area contributed by atoms with Gasteiger partial charge in [0.15, 0.2) is 0 Å². The van der Waals surface area contributed by atoms with Crippen molar-refractivity contribution in [3.63, 3.8) is 0 Å². The fourth-order valence-corrected chi connectivity index (χ4v) is 5.25. The fraction of sp³-hybridized carbons (Fsp3) is 0.500. The summed E-state index contributed by atoms with van der Waals surface area (Å²) in [5.74, 6) is -0.726. The average Bonchev–Trinajstić information content (AvgIpc) is 2.70. The van der Waals surface area contributed by atoms with Crippen molar-refractivity contribution in [2.24, 2.45) is 5.92 Å². The lowest BCUT2D eigenvalue weighted by Crippen LogP contribution is -2.46. The lowest BCUT2D eigenvalue weighted by atomic mass is 9.86. The molecule has 2 aliphatic rings. The maximum absolute atomic E-state index is 13.5. The van der Waals surface area contributed by atoms with E-state index in [1.807, 2.05) is 4.90 Å². The van der Waals surface area contributed by atoms with Crippen molar-refractivity contribution < 1.29 is 23.1 Å². The number of piperidine rings is 1. The van der Waals surface area contributed by atoms with Crippen LogP contribution in [-0.4, -0.2) is 42.2 Å². The van der Waals surface area contributed by atoms with Gasteiger partial charge < -0.3 is 10.0 Å². The standard InChI is InChI=1S/C26H31F3N2O2/c1-16-5-4-6-23(26(27,28)29)24(16)31-13-21(14-31)20-11-17(2)22(18(3)12-20)15-30-9-7-19(8-10-30)25(32)33/h4-6,11-12,19,21H,7-10,13-15H2,1-3H3,(H,32,33). The molecule has 0 unspecified atom stereocenters. The summed E-state index contributed by atoms with van der Waals surface area (Å²) in [5.41, 5.74) is 5.22. The number of alkyl halides is 3. The number of anilines is 1. The zero-order chi connectivity index (χ0) is 23.9. The first kappa shape index (κ1) is 23.6. The summed E-state index contributed by atoms with van der Waals surface area (Å²) >= 11 is 0. The second-order valence-corrected chi connectivity index (χ2v) is 9.59. The highest BCUT2D eigenvalue weighted by Gasteiger charge is 2.39. The Morgan fingerprint density at radius 1 is 1.03 bits per heavy atom. The van der Waals surface area contributed by atoms with E-state index in [1.165, 1.54) is 28.3 Å². The third-order valence-electron chi connectivity index (χ3n) is 7.25. The minimum absolute atomic E-state index is 0.212. The van der Waals surface area contributed by atoms with Crippen LogP contribution in [-0.2, 0) is 17.5 Å². The average molecular weight is 461 g/mol. The number of rotatable bonds is 5. The molecule has 0 spiro atoms. The van der Waals surface area contributed by atoms with Crippen molar-refractivity contribution in [1.29, 1.82) is 0 Å². The largest absolute Gasteiger partial charge is 0.481 e. The molecule has 2 aliphatic heterocycles. The Morgan fingerprint density at radius 3 is 2.18 bits per heavy atom. The number of carboxylic acid groups (broad SMARTS) is 1. The number of likely N-dealkylation sites (tertiary alicyclic amines) is 1. The molecule has 178 valence electrons. The van der Waals surface area contributed by atoms with Crippen LogP contribution < -0.4 is 4.90 Å². The van der Waals surface area contributed by atoms with Crippen LogP contribution in [0, 0.1) is 26.7 Å². The molecule has 2 aromatic carbocycles. The van der Waals surface area contributed by atoms with Crippen molar-refractivity contribution in [3.05, 3.63) is 63.7 Å². The molecule has 4 nitrogen and oxygen atoms in total. The zero-order valence-corrected chi connectivity index (χ0v) is 19.4. The van der Waals surface area contributed by atoms with Crippen LogP contribution in [0.3, 0.4) is 0 Å². The van der Waals surface area contributed by atoms with Gasteiger partial charge in [-0.05, 0) is 80.6 Å². The van der Waals surface area contributed by atoms with Gasteiger partial charge in [-0.15, -0.1) is 0 Å². The van der Waals surface area contributed by atoms with E-state index in [0.29, 0.717) is 37.2 Å². The van der Waals surface area contributed by atoms with Crippen molar-refractivity contribution in [2.75, 3.05) is 31.1 Å². The molecule has 0 aromatic heterocycles. The molecule has 0 saturated carbocycles. The minimum Gasteiger partial charge on any atom is -0.481 e. The van der Waals surface area contributed by atoms with Gasteiger partial charge in [-0.2, -0.15) is 13.2 Å². The van der Waals surface area contributed by atoms with E-state index < -0.39 is 17.7 Å². The van der Waals surface area contributed by atoms with Crippen LogP contribution in [0.2, 0.25) is 0 Å². The number of hydrogen-bond donors (Lipinski definition) is 1. The number of aryl methyl sites for hydroxylation is 3. The molecular formula is C26H31F3N2O2. The second-order valence-electron chi connectivity index (χ2n) is 9.59. The maximum atomic E-state index is 13.5. The van der Waals surface area contributed by atoms with Crippen molar-refractivity contribution >= 4 is 11.7 Å². The molecule has 2 fully saturated rings. The quantitative estimate of drug-likeness (QED) is 0.637. The van der Waals surface area contributed by atoms with E-state index in [2.05, 4.69) is 30.9 Å². The Balaban J connectivity index is 1.44. The fourth-order valence-electron chi connectivity index (χ4n) is 5.25. The molecule has 0 atom stereocenters. The Bertz CT molecular complexity index is 1010. The van der Waals surface area contributed by atoms with Gasteiger partial charge in [0.2, 0.25) is 0 Å². The Labute approximate surface area is 193 Å². The molecule has 33 heavy (non-hydrogen) atoms. The molecule has 7 heteroatoms. The number of carbonyl (C=O) groups is 1. The van der Waals surface area contributed by atoms with Gasteiger partial charge in [-0.25, -0.2) is 0 Å². The Kier molecular flexibility index (Phi) is 6.45. The van der Waals surface area contributed by atoms with Crippen molar-refractivity contribution in [2.45, 2.75) is 52.3 Å². The summed E-state index contributed by atoms with van der Waals surface area (Å²) in [6.07, 6.45) is -3.00. The van der Waals surface area contributed by atoms with Crippen LogP contribution in [0.1, 0.15) is 52.1 Å². The molecular weight excluding hydrogens is 429 g/mol. The Morgan fingerprint density at radius 2 is 1.64 bits per heavy atom. The predicted octanol–water partition coefficient (Wildman–Crippen LogP) is 5.53. The normalized spacial score (nSPS) is 18.4. The summed E-state index contributed by atoms with van der Waals surface area (Å²) in [6.45, 7) is 9.45. The molecule has 2 heterocycles. The van der Waals surface area contributed by atoms with Crippen LogP contribution in [0.4, 0.5) is 18.9 Å². The van der Waals surface area contributed by atoms with Crippen LogP contribution in [0.15, 0.2) is 30.3 Å². The smallest absolute Gasteiger partial charge is 0.418 e. The number of para-hydroxylation sites is 1. The zero-order valence-electron chi connectivity index (χ0n) is 19.4. The molecule has 1 N–H and O–H groups in total. The van der Waals surface area contributed by atoms with Gasteiger partial charge in [0.25, 0.3) is 0 Å². The van der Waals surface area contributed by atoms with E-state index in [9.17, 15) is 23.1 Å². The summed E-state index contributed by atoms with van der Waals surface area (Å²) in [7, 11) is 0. The maximum Gasteiger partial charge on any atom is 0.418 e. The number of aliphatic carboxylic acids is 1. The molecule has 2 aromatic rings. The third kappa shape index (κ3) is 4.88. The number of nitrogens with zero attached hydrogens (tertiary/aromatic N) is 2. The summed E-state index contributed by atoms with van der Waals surface area (Å²) < 4.78 is 40.5. The Hall–Kier alpha value is -2.54. The predicted molar refractivity (Wildman–Crippen MR) is 123 cm³/mol. The van der Waals surface area contributed by atoms with E-state index >= 15 is 0 Å². The minimum atomic E-state index is -4.36. The highest BCUT2D eigenvalue weighted by atomic mass is 19.4. The number of carboxylic acids is 1. The third-order valence-corrected chi connectivity index (χ3v) is 7.25.